The first-order valence-corrected chi connectivity index (χ1v) is 11.5. The Hall–Kier alpha value is -4.20. The highest BCUT2D eigenvalue weighted by Crippen LogP contribution is 2.32. The third-order valence-electron chi connectivity index (χ3n) is 6.78. The van der Waals surface area contributed by atoms with E-state index < -0.39 is 17.5 Å². The highest BCUT2D eigenvalue weighted by Gasteiger charge is 2.49. The predicted molar refractivity (Wildman–Crippen MR) is 130 cm³/mol. The number of carbonyl (C=O) groups excluding carboxylic acids is 4. The van der Waals surface area contributed by atoms with E-state index in [0.29, 0.717) is 24.1 Å². The van der Waals surface area contributed by atoms with Crippen LogP contribution in [0.4, 0.5) is 10.5 Å². The second kappa shape index (κ2) is 8.54. The normalized spacial score (nSPS) is 20.0. The smallest absolute Gasteiger partial charge is 0.325 e. The molecule has 0 aliphatic carbocycles. The van der Waals surface area contributed by atoms with E-state index in [1.54, 1.807) is 49.3 Å². The van der Waals surface area contributed by atoms with Crippen LogP contribution in [0.25, 0.3) is 10.8 Å². The number of hydrogen-bond donors (Lipinski definition) is 1. The van der Waals surface area contributed by atoms with Gasteiger partial charge in [-0.25, -0.2) is 4.79 Å². The number of hydrogen-bond acceptors (Lipinski definition) is 5. The molecule has 0 aromatic heterocycles. The number of nitrogens with one attached hydrogen (secondary N) is 1. The van der Waals surface area contributed by atoms with E-state index in [1.165, 1.54) is 0 Å². The van der Waals surface area contributed by atoms with Crippen LogP contribution in [-0.4, -0.2) is 48.7 Å². The number of nitrogens with zero attached hydrogens (tertiary/aromatic N) is 2. The standard InChI is InChI=1S/C27H25N3O5/c1-27(20-9-5-19-15-22(35-2)12-8-18(19)14-20)25(33)30(26(34)28-27)16-23(31)17-6-10-21(11-7-17)29-13-3-4-24(29)32/h5-12,14-15H,3-4,13,16H2,1-2H3,(H,28,34). The summed E-state index contributed by atoms with van der Waals surface area (Å²) < 4.78 is 5.26. The summed E-state index contributed by atoms with van der Waals surface area (Å²) in [6.07, 6.45) is 1.34. The second-order valence-corrected chi connectivity index (χ2v) is 8.99. The number of fused-ring (bicyclic) bond motifs is 1. The Morgan fingerprint density at radius 3 is 2.40 bits per heavy atom. The number of methoxy groups -OCH3 is 1. The summed E-state index contributed by atoms with van der Waals surface area (Å²) in [5.41, 5.74) is 0.448. The van der Waals surface area contributed by atoms with E-state index in [9.17, 15) is 19.2 Å². The molecule has 8 heteroatoms. The number of amides is 4. The maximum absolute atomic E-state index is 13.3. The van der Waals surface area contributed by atoms with Crippen LogP contribution in [0, 0.1) is 0 Å². The molecule has 35 heavy (non-hydrogen) atoms. The van der Waals surface area contributed by atoms with Gasteiger partial charge in [-0.3, -0.25) is 19.3 Å². The monoisotopic (exact) mass is 471 g/mol. The van der Waals surface area contributed by atoms with Crippen LogP contribution in [0.5, 0.6) is 5.75 Å². The third kappa shape index (κ3) is 3.90. The lowest BCUT2D eigenvalue weighted by Crippen LogP contribution is -2.41. The average Bonchev–Trinajstić information content (AvgIpc) is 3.39. The maximum atomic E-state index is 13.3. The van der Waals surface area contributed by atoms with Crippen LogP contribution in [-0.2, 0) is 15.1 Å². The van der Waals surface area contributed by atoms with Gasteiger partial charge in [0.1, 0.15) is 11.3 Å². The van der Waals surface area contributed by atoms with E-state index in [1.807, 2.05) is 30.3 Å². The average molecular weight is 472 g/mol. The van der Waals surface area contributed by atoms with Crippen LogP contribution >= 0.6 is 0 Å². The quantitative estimate of drug-likeness (QED) is 0.438. The summed E-state index contributed by atoms with van der Waals surface area (Å²) in [5.74, 6) is -0.0485. The number of imide groups is 1. The van der Waals surface area contributed by atoms with Crippen molar-refractivity contribution >= 4 is 40.1 Å². The van der Waals surface area contributed by atoms with Crippen molar-refractivity contribution in [2.45, 2.75) is 25.3 Å². The molecule has 1 unspecified atom stereocenters. The van der Waals surface area contributed by atoms with E-state index in [4.69, 9.17) is 4.74 Å². The number of rotatable bonds is 6. The molecule has 2 aliphatic rings. The zero-order chi connectivity index (χ0) is 24.7. The Balaban J connectivity index is 1.34. The van der Waals surface area contributed by atoms with Crippen molar-refractivity contribution in [3.8, 4) is 5.75 Å². The molecule has 2 aliphatic heterocycles. The van der Waals surface area contributed by atoms with Gasteiger partial charge in [-0.05, 0) is 72.1 Å². The highest BCUT2D eigenvalue weighted by atomic mass is 16.5. The number of ether oxygens (including phenoxy) is 1. The van der Waals surface area contributed by atoms with Gasteiger partial charge in [0.2, 0.25) is 5.91 Å². The largest absolute Gasteiger partial charge is 0.497 e. The summed E-state index contributed by atoms with van der Waals surface area (Å²) in [5, 5.41) is 4.60. The molecule has 8 nitrogen and oxygen atoms in total. The Morgan fingerprint density at radius 2 is 1.71 bits per heavy atom. The zero-order valence-corrected chi connectivity index (χ0v) is 19.5. The topological polar surface area (TPSA) is 96.0 Å². The molecular weight excluding hydrogens is 446 g/mol. The fraction of sp³-hybridized carbons (Fsp3) is 0.259. The molecule has 3 aromatic carbocycles. The Kier molecular flexibility index (Phi) is 5.51. The first-order valence-electron chi connectivity index (χ1n) is 11.5. The van der Waals surface area contributed by atoms with Gasteiger partial charge < -0.3 is 15.0 Å². The Morgan fingerprint density at radius 1 is 1.00 bits per heavy atom. The Bertz CT molecular complexity index is 1370. The SMILES string of the molecule is COc1ccc2cc(C3(C)NC(=O)N(CC(=O)c4ccc(N5CCCC5=O)cc4)C3=O)ccc2c1. The van der Waals surface area contributed by atoms with Crippen LogP contribution in [0.3, 0.4) is 0 Å². The molecule has 2 heterocycles. The van der Waals surface area contributed by atoms with Crippen molar-refractivity contribution < 1.29 is 23.9 Å². The van der Waals surface area contributed by atoms with Gasteiger partial charge in [0, 0.05) is 24.2 Å². The van der Waals surface area contributed by atoms with Crippen molar-refractivity contribution in [2.75, 3.05) is 25.1 Å². The minimum Gasteiger partial charge on any atom is -0.497 e. The van der Waals surface area contributed by atoms with Crippen molar-refractivity contribution in [2.24, 2.45) is 0 Å². The van der Waals surface area contributed by atoms with Gasteiger partial charge in [-0.1, -0.05) is 18.2 Å². The number of benzene rings is 3. The molecule has 0 radical (unpaired) electrons. The fourth-order valence-electron chi connectivity index (χ4n) is 4.68. The lowest BCUT2D eigenvalue weighted by Gasteiger charge is -2.22. The molecule has 5 rings (SSSR count). The maximum Gasteiger partial charge on any atom is 0.325 e. The molecule has 0 saturated carbocycles. The number of carbonyl (C=O) groups is 4. The molecule has 2 saturated heterocycles. The first-order chi connectivity index (χ1) is 16.8. The highest BCUT2D eigenvalue weighted by molar-refractivity contribution is 6.11. The molecule has 0 spiro atoms. The number of urea groups is 1. The molecule has 1 atom stereocenters. The van der Waals surface area contributed by atoms with E-state index in [0.717, 1.165) is 33.5 Å². The summed E-state index contributed by atoms with van der Waals surface area (Å²) in [4.78, 5) is 53.6. The van der Waals surface area contributed by atoms with Gasteiger partial charge in [0.25, 0.3) is 5.91 Å². The number of anilines is 1. The van der Waals surface area contributed by atoms with Gasteiger partial charge in [0.05, 0.1) is 13.7 Å². The van der Waals surface area contributed by atoms with Crippen LogP contribution in [0.15, 0.2) is 60.7 Å². The summed E-state index contributed by atoms with van der Waals surface area (Å²) in [6.45, 7) is 1.94. The van der Waals surface area contributed by atoms with E-state index >= 15 is 0 Å². The predicted octanol–water partition coefficient (Wildman–Crippen LogP) is 3.63. The summed E-state index contributed by atoms with van der Waals surface area (Å²) >= 11 is 0. The van der Waals surface area contributed by atoms with Crippen molar-refractivity contribution in [1.82, 2.24) is 10.2 Å². The molecule has 1 N–H and O–H groups in total. The fourth-order valence-corrected chi connectivity index (χ4v) is 4.68. The lowest BCUT2D eigenvalue weighted by atomic mass is 9.90. The minimum absolute atomic E-state index is 0.0653. The third-order valence-corrected chi connectivity index (χ3v) is 6.78. The lowest BCUT2D eigenvalue weighted by molar-refractivity contribution is -0.130. The number of ketones is 1. The van der Waals surface area contributed by atoms with E-state index in [2.05, 4.69) is 5.32 Å². The van der Waals surface area contributed by atoms with Crippen molar-refractivity contribution in [3.05, 3.63) is 71.8 Å². The van der Waals surface area contributed by atoms with E-state index in [-0.39, 0.29) is 18.2 Å². The molecule has 0 bridgehead atoms. The van der Waals surface area contributed by atoms with Crippen LogP contribution in [0.2, 0.25) is 0 Å². The van der Waals surface area contributed by atoms with Crippen molar-refractivity contribution in [1.29, 1.82) is 0 Å². The Labute approximate surface area is 202 Å². The molecule has 2 fully saturated rings. The minimum atomic E-state index is -1.29. The second-order valence-electron chi connectivity index (χ2n) is 8.99. The molecule has 3 aromatic rings. The van der Waals surface area contributed by atoms with Gasteiger partial charge in [-0.2, -0.15) is 0 Å². The van der Waals surface area contributed by atoms with Gasteiger partial charge >= 0.3 is 6.03 Å². The van der Waals surface area contributed by atoms with Crippen LogP contribution < -0.4 is 15.0 Å². The zero-order valence-electron chi connectivity index (χ0n) is 19.5. The van der Waals surface area contributed by atoms with Gasteiger partial charge in [0.15, 0.2) is 5.78 Å². The summed E-state index contributed by atoms with van der Waals surface area (Å²) in [6, 6.07) is 17.2. The van der Waals surface area contributed by atoms with Gasteiger partial charge in [-0.15, -0.1) is 0 Å². The molecule has 178 valence electrons. The van der Waals surface area contributed by atoms with Crippen molar-refractivity contribution in [3.63, 3.8) is 0 Å². The molecule has 4 amide bonds. The molecular formula is C27H25N3O5. The first kappa shape index (κ1) is 22.6. The number of Topliss-reactive ketones (excluding diaryl/α,β-unsaturated/α-hetero) is 1. The summed E-state index contributed by atoms with van der Waals surface area (Å²) in [7, 11) is 1.60. The van der Waals surface area contributed by atoms with Crippen LogP contribution in [0.1, 0.15) is 35.7 Å².